The molecule has 1 atom stereocenters. The summed E-state index contributed by atoms with van der Waals surface area (Å²) >= 11 is 11.5. The fourth-order valence-electron chi connectivity index (χ4n) is 1.58. The van der Waals surface area contributed by atoms with Gasteiger partial charge in [0.25, 0.3) is 0 Å². The summed E-state index contributed by atoms with van der Waals surface area (Å²) < 4.78 is 19.0. The van der Waals surface area contributed by atoms with Crippen molar-refractivity contribution in [3.63, 3.8) is 0 Å². The normalized spacial score (nSPS) is 12.7. The van der Waals surface area contributed by atoms with E-state index in [1.807, 2.05) is 26.1 Å². The highest BCUT2D eigenvalue weighted by molar-refractivity contribution is 6.35. The van der Waals surface area contributed by atoms with Crippen molar-refractivity contribution in [1.29, 1.82) is 0 Å². The van der Waals surface area contributed by atoms with E-state index in [2.05, 4.69) is 5.32 Å². The zero-order chi connectivity index (χ0) is 13.3. The van der Waals surface area contributed by atoms with E-state index in [-0.39, 0.29) is 16.1 Å². The Labute approximate surface area is 115 Å². The van der Waals surface area contributed by atoms with Gasteiger partial charge in [0, 0.05) is 5.56 Å². The topological polar surface area (TPSA) is 25.2 Å². The van der Waals surface area contributed by atoms with Gasteiger partial charge in [-0.1, -0.05) is 23.2 Å². The van der Waals surface area contributed by atoms with Crippen LogP contribution in [-0.2, 0) is 0 Å². The van der Waals surface area contributed by atoms with Gasteiger partial charge in [-0.05, 0) is 38.2 Å². The summed E-state index contributed by atoms with van der Waals surface area (Å²) in [6.07, 6.45) is 0. The Kier molecular flexibility index (Phi) is 3.95. The highest BCUT2D eigenvalue weighted by Gasteiger charge is 2.13. The maximum atomic E-state index is 13.3. The highest BCUT2D eigenvalue weighted by atomic mass is 35.5. The third kappa shape index (κ3) is 2.53. The Morgan fingerprint density at radius 1 is 1.22 bits per heavy atom. The zero-order valence-corrected chi connectivity index (χ0v) is 11.4. The second-order valence-electron chi connectivity index (χ2n) is 3.97. The van der Waals surface area contributed by atoms with Crippen LogP contribution in [0.3, 0.4) is 0 Å². The van der Waals surface area contributed by atoms with Gasteiger partial charge in [0.15, 0.2) is 5.82 Å². The van der Waals surface area contributed by atoms with Crippen LogP contribution in [0.5, 0.6) is 0 Å². The smallest absolute Gasteiger partial charge is 0.160 e. The first-order chi connectivity index (χ1) is 8.52. The number of nitrogens with one attached hydrogen (secondary N) is 1. The molecule has 0 aliphatic heterocycles. The minimum Gasteiger partial charge on any atom is -0.459 e. The van der Waals surface area contributed by atoms with Gasteiger partial charge in [-0.3, -0.25) is 0 Å². The van der Waals surface area contributed by atoms with Gasteiger partial charge >= 0.3 is 0 Å². The molecule has 2 aromatic rings. The van der Waals surface area contributed by atoms with Crippen molar-refractivity contribution in [3.8, 4) is 11.3 Å². The van der Waals surface area contributed by atoms with Crippen molar-refractivity contribution in [1.82, 2.24) is 5.32 Å². The summed E-state index contributed by atoms with van der Waals surface area (Å²) in [5, 5.41) is 3.04. The van der Waals surface area contributed by atoms with Crippen molar-refractivity contribution in [2.24, 2.45) is 0 Å². The van der Waals surface area contributed by atoms with E-state index in [1.54, 1.807) is 0 Å². The lowest BCUT2D eigenvalue weighted by atomic mass is 10.2. The molecule has 0 aliphatic carbocycles. The maximum Gasteiger partial charge on any atom is 0.160 e. The molecule has 0 spiro atoms. The first kappa shape index (κ1) is 13.4. The summed E-state index contributed by atoms with van der Waals surface area (Å²) in [7, 11) is 1.85. The van der Waals surface area contributed by atoms with Crippen LogP contribution in [-0.4, -0.2) is 7.05 Å². The molecule has 0 bridgehead atoms. The molecule has 1 unspecified atom stereocenters. The Balaban J connectivity index is 2.40. The molecule has 1 heterocycles. The molecule has 0 aliphatic rings. The predicted octanol–water partition coefficient (Wildman–Crippen LogP) is 4.67. The fraction of sp³-hybridized carbons (Fsp3) is 0.231. The van der Waals surface area contributed by atoms with Gasteiger partial charge in [-0.25, -0.2) is 4.39 Å². The van der Waals surface area contributed by atoms with Crippen LogP contribution in [0, 0.1) is 5.82 Å². The van der Waals surface area contributed by atoms with E-state index < -0.39 is 5.82 Å². The predicted molar refractivity (Wildman–Crippen MR) is 71.6 cm³/mol. The lowest BCUT2D eigenvalue weighted by Gasteiger charge is -2.06. The molecule has 2 nitrogen and oxygen atoms in total. The van der Waals surface area contributed by atoms with Crippen molar-refractivity contribution in [2.45, 2.75) is 13.0 Å². The van der Waals surface area contributed by atoms with Crippen molar-refractivity contribution in [2.75, 3.05) is 7.05 Å². The van der Waals surface area contributed by atoms with Crippen LogP contribution < -0.4 is 5.32 Å². The van der Waals surface area contributed by atoms with Gasteiger partial charge in [0.1, 0.15) is 11.5 Å². The maximum absolute atomic E-state index is 13.3. The van der Waals surface area contributed by atoms with Crippen molar-refractivity contribution >= 4 is 23.2 Å². The molecule has 1 aromatic carbocycles. The average Bonchev–Trinajstić information content (AvgIpc) is 2.84. The molecule has 5 heteroatoms. The quantitative estimate of drug-likeness (QED) is 0.830. The molecule has 0 saturated heterocycles. The summed E-state index contributed by atoms with van der Waals surface area (Å²) in [5.41, 5.74) is 0.654. The molecule has 0 fully saturated rings. The van der Waals surface area contributed by atoms with Crippen LogP contribution in [0.2, 0.25) is 10.0 Å². The summed E-state index contributed by atoms with van der Waals surface area (Å²) in [4.78, 5) is 0. The summed E-state index contributed by atoms with van der Waals surface area (Å²) in [6, 6.07) is 6.76. The number of halogens is 3. The number of hydrogen-bond acceptors (Lipinski definition) is 2. The summed E-state index contributed by atoms with van der Waals surface area (Å²) in [6.45, 7) is 1.98. The fourth-order valence-corrected chi connectivity index (χ4v) is 2.07. The lowest BCUT2D eigenvalue weighted by Crippen LogP contribution is -2.10. The molecule has 2 rings (SSSR count). The molecule has 0 radical (unpaired) electrons. The van der Waals surface area contributed by atoms with Crippen LogP contribution in [0.4, 0.5) is 4.39 Å². The minimum atomic E-state index is -0.613. The van der Waals surface area contributed by atoms with E-state index >= 15 is 0 Å². The third-order valence-electron chi connectivity index (χ3n) is 2.75. The third-order valence-corrected chi connectivity index (χ3v) is 3.30. The Hall–Kier alpha value is -1.03. The minimum absolute atomic E-state index is 0.0166. The standard InChI is InChI=1S/C13H12Cl2FNO/c1-7(17-2)11-3-4-12(18-11)8-5-9(14)13(16)10(15)6-8/h3-7,17H,1-2H3. The Morgan fingerprint density at radius 2 is 1.83 bits per heavy atom. The monoisotopic (exact) mass is 287 g/mol. The van der Waals surface area contributed by atoms with Gasteiger partial charge in [0.2, 0.25) is 0 Å². The molecule has 18 heavy (non-hydrogen) atoms. The van der Waals surface area contributed by atoms with Gasteiger partial charge < -0.3 is 9.73 Å². The van der Waals surface area contributed by atoms with E-state index in [4.69, 9.17) is 27.6 Å². The van der Waals surface area contributed by atoms with Crippen LogP contribution in [0.15, 0.2) is 28.7 Å². The Bertz CT molecular complexity index is 545. The summed E-state index contributed by atoms with van der Waals surface area (Å²) in [5.74, 6) is 0.789. The molecular formula is C13H12Cl2FNO. The molecule has 1 N–H and O–H groups in total. The average molecular weight is 288 g/mol. The van der Waals surface area contributed by atoms with E-state index in [1.165, 1.54) is 12.1 Å². The number of furan rings is 1. The highest BCUT2D eigenvalue weighted by Crippen LogP contribution is 2.32. The second kappa shape index (κ2) is 5.31. The van der Waals surface area contributed by atoms with Gasteiger partial charge in [0.05, 0.1) is 16.1 Å². The van der Waals surface area contributed by atoms with Gasteiger partial charge in [-0.2, -0.15) is 0 Å². The molecule has 96 valence electrons. The van der Waals surface area contributed by atoms with E-state index in [0.29, 0.717) is 11.3 Å². The lowest BCUT2D eigenvalue weighted by molar-refractivity contribution is 0.458. The molecule has 1 aromatic heterocycles. The van der Waals surface area contributed by atoms with Crippen LogP contribution >= 0.6 is 23.2 Å². The Morgan fingerprint density at radius 3 is 2.39 bits per heavy atom. The molecule has 0 amide bonds. The second-order valence-corrected chi connectivity index (χ2v) is 4.78. The van der Waals surface area contributed by atoms with Crippen LogP contribution in [0.25, 0.3) is 11.3 Å². The largest absolute Gasteiger partial charge is 0.459 e. The van der Waals surface area contributed by atoms with Crippen LogP contribution in [0.1, 0.15) is 18.7 Å². The van der Waals surface area contributed by atoms with Crippen molar-refractivity contribution < 1.29 is 8.81 Å². The number of benzene rings is 1. The van der Waals surface area contributed by atoms with E-state index in [9.17, 15) is 4.39 Å². The van der Waals surface area contributed by atoms with E-state index in [0.717, 1.165) is 5.76 Å². The first-order valence-corrected chi connectivity index (χ1v) is 6.20. The van der Waals surface area contributed by atoms with Gasteiger partial charge in [-0.15, -0.1) is 0 Å². The molecular weight excluding hydrogens is 276 g/mol. The number of rotatable bonds is 3. The first-order valence-electron chi connectivity index (χ1n) is 5.45. The van der Waals surface area contributed by atoms with Crippen molar-refractivity contribution in [3.05, 3.63) is 45.9 Å². The zero-order valence-electron chi connectivity index (χ0n) is 9.93. The molecule has 0 saturated carbocycles. The SMILES string of the molecule is CNC(C)c1ccc(-c2cc(Cl)c(F)c(Cl)c2)o1. The number of hydrogen-bond donors (Lipinski definition) is 1.